The number of nitrogens with one attached hydrogen (secondary N) is 4. The first-order valence-corrected chi connectivity index (χ1v) is 16.5. The Morgan fingerprint density at radius 3 is 1.13 bits per heavy atom. The molecule has 0 bridgehead atoms. The number of aliphatic hydroxyl groups excluding tert-OH is 1. The van der Waals surface area contributed by atoms with Gasteiger partial charge in [-0.25, -0.2) is 9.59 Å². The van der Waals surface area contributed by atoms with Crippen molar-refractivity contribution in [3.63, 3.8) is 0 Å². The molecule has 0 saturated carbocycles. The van der Waals surface area contributed by atoms with E-state index in [0.29, 0.717) is 25.9 Å². The van der Waals surface area contributed by atoms with Crippen LogP contribution in [0.3, 0.4) is 0 Å². The van der Waals surface area contributed by atoms with Crippen LogP contribution in [0.25, 0.3) is 0 Å². The summed E-state index contributed by atoms with van der Waals surface area (Å²) in [6.45, 7) is 3.51. The maximum atomic E-state index is 11.9. The van der Waals surface area contributed by atoms with Gasteiger partial charge in [0.2, 0.25) is 11.5 Å². The molecule has 21 nitrogen and oxygen atoms in total. The molecule has 0 heterocycles. The van der Waals surface area contributed by atoms with Crippen molar-refractivity contribution < 1.29 is 70.9 Å². The third kappa shape index (κ3) is 23.0. The van der Waals surface area contributed by atoms with Gasteiger partial charge in [0, 0.05) is 19.7 Å². The van der Waals surface area contributed by atoms with Gasteiger partial charge < -0.3 is 65.8 Å². The van der Waals surface area contributed by atoms with Gasteiger partial charge in [0.1, 0.15) is 0 Å². The molecule has 2 aromatic rings. The van der Waals surface area contributed by atoms with Crippen LogP contribution in [0.5, 0.6) is 34.5 Å². The maximum Gasteiger partial charge on any atom is 0.394 e. The number of aliphatic hydroxyl groups is 1. The Bertz CT molecular complexity index is 1360. The second kappa shape index (κ2) is 27.3. The zero-order chi connectivity index (χ0) is 40.3. The number of carbonyl (C=O) groups is 2. The summed E-state index contributed by atoms with van der Waals surface area (Å²) < 4.78 is 61.8. The highest BCUT2D eigenvalue weighted by atomic mass is 32.3. The Hall–Kier alpha value is -5.45. The molecule has 0 aromatic heterocycles. The van der Waals surface area contributed by atoms with Crippen molar-refractivity contribution in [2.75, 3.05) is 61.3 Å². The van der Waals surface area contributed by atoms with Crippen LogP contribution in [-0.4, -0.2) is 118 Å². The molecule has 2 aromatic carbocycles. The summed E-state index contributed by atoms with van der Waals surface area (Å²) in [4.78, 5) is 23.9. The van der Waals surface area contributed by atoms with E-state index in [1.54, 1.807) is 6.92 Å². The van der Waals surface area contributed by atoms with Gasteiger partial charge in [-0.1, -0.05) is 0 Å². The quantitative estimate of drug-likeness (QED) is 0.0373. The first-order valence-electron chi connectivity index (χ1n) is 15.1. The zero-order valence-electron chi connectivity index (χ0n) is 29.6. The van der Waals surface area contributed by atoms with E-state index >= 15 is 0 Å². The van der Waals surface area contributed by atoms with Crippen molar-refractivity contribution in [2.24, 2.45) is 11.5 Å². The highest BCUT2D eigenvalue weighted by molar-refractivity contribution is 7.79. The molecule has 0 radical (unpaired) electrons. The summed E-state index contributed by atoms with van der Waals surface area (Å²) in [5.41, 5.74) is 10.7. The minimum atomic E-state index is -4.67. The average Bonchev–Trinajstić information content (AvgIpc) is 3.07. The molecule has 0 amide bonds. The fourth-order valence-electron chi connectivity index (χ4n) is 3.42. The standard InChI is InChI=1S/2C14H21N3O5.C2H6O.H2O4S/c2*1-20-10-7-9(8-11(21-2)12(10)18)13(19)22-6-4-3-5-17-14(15)16;1-2-3;1-5(2,3)4/h2*7-8,18H,3-6H2,1-2H3,(H4,15,16,17);3H,2H2,1H3;(H2,1,2,3,4). The molecule has 0 aliphatic heterocycles. The van der Waals surface area contributed by atoms with E-state index in [1.807, 2.05) is 0 Å². The predicted octanol–water partition coefficient (Wildman–Crippen LogP) is 1.00. The molecule has 0 aliphatic carbocycles. The van der Waals surface area contributed by atoms with E-state index in [4.69, 9.17) is 73.3 Å². The zero-order valence-corrected chi connectivity index (χ0v) is 30.4. The van der Waals surface area contributed by atoms with Gasteiger partial charge in [-0.2, -0.15) is 8.42 Å². The molecule has 0 fully saturated rings. The first kappa shape index (κ1) is 48.7. The summed E-state index contributed by atoms with van der Waals surface area (Å²) in [7, 11) is 0.856. The third-order valence-corrected chi connectivity index (χ3v) is 5.67. The van der Waals surface area contributed by atoms with Gasteiger partial charge in [0.25, 0.3) is 0 Å². The molecule has 296 valence electrons. The summed E-state index contributed by atoms with van der Waals surface area (Å²) in [6.07, 6.45) is 2.71. The summed E-state index contributed by atoms with van der Waals surface area (Å²) in [6, 6.07) is 5.55. The third-order valence-electron chi connectivity index (χ3n) is 5.67. The van der Waals surface area contributed by atoms with Crippen LogP contribution in [-0.2, 0) is 19.9 Å². The van der Waals surface area contributed by atoms with Gasteiger partial charge in [-0.3, -0.25) is 19.9 Å². The van der Waals surface area contributed by atoms with Crippen molar-refractivity contribution in [3.8, 4) is 34.5 Å². The summed E-state index contributed by atoms with van der Waals surface area (Å²) >= 11 is 0. The number of phenols is 2. The Balaban J connectivity index is 0. The number of ether oxygens (including phenoxy) is 6. The van der Waals surface area contributed by atoms with Gasteiger partial charge in [-0.15, -0.1) is 0 Å². The highest BCUT2D eigenvalue weighted by Gasteiger charge is 2.17. The molecule has 52 heavy (non-hydrogen) atoms. The van der Waals surface area contributed by atoms with E-state index in [9.17, 15) is 19.8 Å². The normalized spacial score (nSPS) is 9.85. The maximum absolute atomic E-state index is 11.9. The topological polar surface area (TPSA) is 349 Å². The van der Waals surface area contributed by atoms with Gasteiger partial charge in [0.05, 0.1) is 52.8 Å². The summed E-state index contributed by atoms with van der Waals surface area (Å²) in [5.74, 6) is -1.02. The lowest BCUT2D eigenvalue weighted by Crippen LogP contribution is -2.31. The second-order valence-corrected chi connectivity index (χ2v) is 10.5. The first-order chi connectivity index (χ1) is 24.4. The van der Waals surface area contributed by atoms with Crippen molar-refractivity contribution in [2.45, 2.75) is 32.6 Å². The Morgan fingerprint density at radius 1 is 0.673 bits per heavy atom. The molecular formula is C30H50N6O15S. The number of methoxy groups -OCH3 is 4. The van der Waals surface area contributed by atoms with Crippen molar-refractivity contribution in [1.29, 1.82) is 10.8 Å². The smallest absolute Gasteiger partial charge is 0.394 e. The number of phenolic OH excluding ortho intramolecular Hbond substituents is 2. The van der Waals surface area contributed by atoms with E-state index in [1.165, 1.54) is 52.7 Å². The largest absolute Gasteiger partial charge is 0.502 e. The van der Waals surface area contributed by atoms with Crippen molar-refractivity contribution in [3.05, 3.63) is 35.4 Å². The molecule has 22 heteroatoms. The molecule has 13 N–H and O–H groups in total. The molecular weight excluding hydrogens is 716 g/mol. The molecule has 0 unspecified atom stereocenters. The molecule has 0 aliphatic rings. The average molecular weight is 767 g/mol. The number of unbranched alkanes of at least 4 members (excludes halogenated alkanes) is 2. The number of benzene rings is 2. The number of esters is 2. The lowest BCUT2D eigenvalue weighted by Gasteiger charge is -2.11. The number of rotatable bonds is 16. The van der Waals surface area contributed by atoms with Crippen molar-refractivity contribution >= 4 is 34.3 Å². The summed E-state index contributed by atoms with van der Waals surface area (Å²) in [5, 5.41) is 46.4. The van der Waals surface area contributed by atoms with Crippen LogP contribution < -0.4 is 41.0 Å². The SMILES string of the molecule is CCO.COc1cc(C(=O)OCCCCNC(=N)N)cc(OC)c1O.COc1cc(C(=O)OCCCCNC(=N)N)cc(OC)c1O.O=S(=O)(O)O. The number of carbonyl (C=O) groups excluding carboxylic acids is 2. The molecule has 0 atom stereocenters. The molecule has 2 rings (SSSR count). The van der Waals surface area contributed by atoms with Gasteiger partial charge >= 0.3 is 22.3 Å². The highest BCUT2D eigenvalue weighted by Crippen LogP contribution is 2.38. The molecule has 0 saturated heterocycles. The van der Waals surface area contributed by atoms with Crippen LogP contribution >= 0.6 is 0 Å². The number of nitrogens with two attached hydrogens (primary N) is 2. The Kier molecular flexibility index (Phi) is 25.5. The van der Waals surface area contributed by atoms with E-state index in [2.05, 4.69) is 10.6 Å². The van der Waals surface area contributed by atoms with Crippen LogP contribution in [0.15, 0.2) is 24.3 Å². The van der Waals surface area contributed by atoms with Crippen LogP contribution in [0.1, 0.15) is 53.3 Å². The lowest BCUT2D eigenvalue weighted by molar-refractivity contribution is 0.0488. The number of aromatic hydroxyl groups is 2. The van der Waals surface area contributed by atoms with E-state index < -0.39 is 22.3 Å². The number of hydrogen-bond acceptors (Lipinski definition) is 15. The van der Waals surface area contributed by atoms with Crippen LogP contribution in [0, 0.1) is 10.8 Å². The van der Waals surface area contributed by atoms with E-state index in [-0.39, 0.29) is 77.4 Å². The minimum Gasteiger partial charge on any atom is -0.502 e. The van der Waals surface area contributed by atoms with Crippen LogP contribution in [0.2, 0.25) is 0 Å². The molecule has 0 spiro atoms. The monoisotopic (exact) mass is 766 g/mol. The fraction of sp³-hybridized carbons (Fsp3) is 0.467. The lowest BCUT2D eigenvalue weighted by atomic mass is 10.2. The number of guanidine groups is 2. The van der Waals surface area contributed by atoms with Crippen molar-refractivity contribution in [1.82, 2.24) is 10.6 Å². The van der Waals surface area contributed by atoms with Gasteiger partial charge in [-0.05, 0) is 56.9 Å². The number of hydrogen-bond donors (Lipinski definition) is 11. The predicted molar refractivity (Wildman–Crippen MR) is 188 cm³/mol. The second-order valence-electron chi connectivity index (χ2n) is 9.59. The fourth-order valence-corrected chi connectivity index (χ4v) is 3.42. The van der Waals surface area contributed by atoms with E-state index in [0.717, 1.165) is 12.8 Å². The van der Waals surface area contributed by atoms with Crippen LogP contribution in [0.4, 0.5) is 0 Å². The van der Waals surface area contributed by atoms with Gasteiger partial charge in [0.15, 0.2) is 34.9 Å². The Morgan fingerprint density at radius 2 is 0.923 bits per heavy atom. The minimum absolute atomic E-state index is 0.0831. The Labute approximate surface area is 301 Å².